The van der Waals surface area contributed by atoms with E-state index in [1.165, 1.54) is 13.2 Å². The lowest BCUT2D eigenvalue weighted by molar-refractivity contribution is 0.273. The van der Waals surface area contributed by atoms with Crippen LogP contribution in [0, 0.1) is 5.92 Å². The molecule has 0 heterocycles. The zero-order chi connectivity index (χ0) is 10.4. The molecule has 0 N–H and O–H groups in total. The molecule has 76 valence electrons. The molecular weight excluding hydrogens is 167 g/mol. The van der Waals surface area contributed by atoms with Gasteiger partial charge in [0.2, 0.25) is 0 Å². The fourth-order valence-electron chi connectivity index (χ4n) is 1.34. The molecule has 0 spiro atoms. The Hall–Kier alpha value is -0.790. The molecule has 0 bridgehead atoms. The molecule has 0 saturated heterocycles. The van der Waals surface area contributed by atoms with Gasteiger partial charge in [-0.1, -0.05) is 20.8 Å². The third-order valence-electron chi connectivity index (χ3n) is 2.04. The van der Waals surface area contributed by atoms with E-state index in [0.29, 0.717) is 11.7 Å². The third kappa shape index (κ3) is 3.21. The zero-order valence-electron chi connectivity index (χ0n) is 9.15. The predicted octanol–water partition coefficient (Wildman–Crippen LogP) is 3.83. The molecule has 0 aliphatic rings. The van der Waals surface area contributed by atoms with Gasteiger partial charge in [-0.25, -0.2) is 4.39 Å². The van der Waals surface area contributed by atoms with Gasteiger partial charge in [-0.3, -0.25) is 0 Å². The first-order chi connectivity index (χ1) is 6.08. The monoisotopic (exact) mass is 186 g/mol. The quantitative estimate of drug-likeness (QED) is 0.479. The summed E-state index contributed by atoms with van der Waals surface area (Å²) in [6.07, 6.45) is 2.25. The summed E-state index contributed by atoms with van der Waals surface area (Å²) >= 11 is 0. The van der Waals surface area contributed by atoms with E-state index in [1.54, 1.807) is 6.92 Å². The molecular formula is C11H19FO. The van der Waals surface area contributed by atoms with Gasteiger partial charge in [0.05, 0.1) is 7.11 Å². The van der Waals surface area contributed by atoms with Gasteiger partial charge in [0, 0.05) is 0 Å². The van der Waals surface area contributed by atoms with Crippen LogP contribution in [0.15, 0.2) is 23.2 Å². The van der Waals surface area contributed by atoms with E-state index in [-0.39, 0.29) is 5.83 Å². The maximum absolute atomic E-state index is 13.3. The van der Waals surface area contributed by atoms with Crippen LogP contribution in [0.1, 0.15) is 34.1 Å². The van der Waals surface area contributed by atoms with E-state index in [2.05, 4.69) is 0 Å². The Bertz CT molecular complexity index is 214. The molecule has 0 amide bonds. The number of hydrogen-bond acceptors (Lipinski definition) is 1. The van der Waals surface area contributed by atoms with E-state index in [4.69, 9.17) is 4.74 Å². The van der Waals surface area contributed by atoms with Crippen LogP contribution in [0.4, 0.5) is 4.39 Å². The van der Waals surface area contributed by atoms with Crippen LogP contribution in [0.5, 0.6) is 0 Å². The number of halogens is 1. The standard InChI is InChI=1S/C11H19FO/c1-6-9(8(3)4)11(13-5)10(12)7-2/h7-8H,6H2,1-5H3/b10-7+,11-9-. The Balaban J connectivity index is 5.05. The van der Waals surface area contributed by atoms with E-state index in [1.807, 2.05) is 20.8 Å². The molecule has 0 atom stereocenters. The van der Waals surface area contributed by atoms with Gasteiger partial charge in [-0.2, -0.15) is 0 Å². The van der Waals surface area contributed by atoms with Gasteiger partial charge in [0.1, 0.15) is 0 Å². The molecule has 0 saturated carbocycles. The Morgan fingerprint density at radius 2 is 2.00 bits per heavy atom. The van der Waals surface area contributed by atoms with Gasteiger partial charge in [0.15, 0.2) is 11.6 Å². The van der Waals surface area contributed by atoms with Crippen molar-refractivity contribution in [1.82, 2.24) is 0 Å². The lowest BCUT2D eigenvalue weighted by Gasteiger charge is -2.14. The minimum absolute atomic E-state index is 0.270. The van der Waals surface area contributed by atoms with Crippen molar-refractivity contribution in [3.05, 3.63) is 23.2 Å². The first kappa shape index (κ1) is 12.2. The second-order valence-corrected chi connectivity index (χ2v) is 3.20. The smallest absolute Gasteiger partial charge is 0.160 e. The molecule has 0 aliphatic heterocycles. The highest BCUT2D eigenvalue weighted by Gasteiger charge is 2.13. The second kappa shape index (κ2) is 5.79. The molecule has 0 fully saturated rings. The number of hydrogen-bond donors (Lipinski definition) is 0. The first-order valence-corrected chi connectivity index (χ1v) is 4.67. The molecule has 13 heavy (non-hydrogen) atoms. The molecule has 0 radical (unpaired) electrons. The van der Waals surface area contributed by atoms with Crippen molar-refractivity contribution in [1.29, 1.82) is 0 Å². The molecule has 0 unspecified atom stereocenters. The maximum Gasteiger partial charge on any atom is 0.160 e. The first-order valence-electron chi connectivity index (χ1n) is 4.67. The van der Waals surface area contributed by atoms with Gasteiger partial charge in [-0.05, 0) is 30.9 Å². The zero-order valence-corrected chi connectivity index (χ0v) is 9.15. The number of allylic oxidation sites excluding steroid dienone is 3. The average molecular weight is 186 g/mol. The molecule has 0 aromatic heterocycles. The minimum atomic E-state index is -0.270. The molecule has 2 heteroatoms. The predicted molar refractivity (Wildman–Crippen MR) is 54.0 cm³/mol. The van der Waals surface area contributed by atoms with Crippen molar-refractivity contribution >= 4 is 0 Å². The lowest BCUT2D eigenvalue weighted by atomic mass is 9.99. The summed E-state index contributed by atoms with van der Waals surface area (Å²) in [5, 5.41) is 0. The van der Waals surface area contributed by atoms with Crippen molar-refractivity contribution in [3.8, 4) is 0 Å². The van der Waals surface area contributed by atoms with Crippen molar-refractivity contribution in [3.63, 3.8) is 0 Å². The lowest BCUT2D eigenvalue weighted by Crippen LogP contribution is -2.01. The SMILES string of the molecule is C/C=C(F)\C(OC)=C(/CC)C(C)C. The van der Waals surface area contributed by atoms with Crippen LogP contribution in [0.3, 0.4) is 0 Å². The molecule has 0 aromatic carbocycles. The van der Waals surface area contributed by atoms with E-state index < -0.39 is 0 Å². The van der Waals surface area contributed by atoms with Crippen LogP contribution in [-0.4, -0.2) is 7.11 Å². The summed E-state index contributed by atoms with van der Waals surface area (Å²) in [4.78, 5) is 0. The van der Waals surface area contributed by atoms with Crippen LogP contribution < -0.4 is 0 Å². The number of ether oxygens (including phenoxy) is 1. The van der Waals surface area contributed by atoms with Crippen molar-refractivity contribution in [2.45, 2.75) is 34.1 Å². The highest BCUT2D eigenvalue weighted by molar-refractivity contribution is 5.26. The molecule has 1 nitrogen and oxygen atoms in total. The van der Waals surface area contributed by atoms with E-state index in [0.717, 1.165) is 12.0 Å². The topological polar surface area (TPSA) is 9.23 Å². The summed E-state index contributed by atoms with van der Waals surface area (Å²) in [7, 11) is 1.51. The fraction of sp³-hybridized carbons (Fsp3) is 0.636. The summed E-state index contributed by atoms with van der Waals surface area (Å²) in [6, 6.07) is 0. The van der Waals surface area contributed by atoms with Gasteiger partial charge in [0.25, 0.3) is 0 Å². The Kier molecular flexibility index (Phi) is 5.44. The average Bonchev–Trinajstić information content (AvgIpc) is 2.12. The van der Waals surface area contributed by atoms with Gasteiger partial charge >= 0.3 is 0 Å². The van der Waals surface area contributed by atoms with E-state index >= 15 is 0 Å². The Morgan fingerprint density at radius 1 is 1.46 bits per heavy atom. The maximum atomic E-state index is 13.3. The van der Waals surface area contributed by atoms with Crippen LogP contribution in [0.2, 0.25) is 0 Å². The molecule has 0 aromatic rings. The highest BCUT2D eigenvalue weighted by atomic mass is 19.1. The summed E-state index contributed by atoms with van der Waals surface area (Å²) in [6.45, 7) is 7.76. The van der Waals surface area contributed by atoms with Crippen molar-refractivity contribution < 1.29 is 9.13 Å². The summed E-state index contributed by atoms with van der Waals surface area (Å²) < 4.78 is 18.3. The second-order valence-electron chi connectivity index (χ2n) is 3.20. The number of methoxy groups -OCH3 is 1. The van der Waals surface area contributed by atoms with E-state index in [9.17, 15) is 4.39 Å². The minimum Gasteiger partial charge on any atom is -0.494 e. The summed E-state index contributed by atoms with van der Waals surface area (Å²) in [5.74, 6) is 0.457. The third-order valence-corrected chi connectivity index (χ3v) is 2.04. The van der Waals surface area contributed by atoms with Gasteiger partial charge in [-0.15, -0.1) is 0 Å². The fourth-order valence-corrected chi connectivity index (χ4v) is 1.34. The van der Waals surface area contributed by atoms with Crippen molar-refractivity contribution in [2.24, 2.45) is 5.92 Å². The largest absolute Gasteiger partial charge is 0.494 e. The number of rotatable bonds is 4. The normalized spacial score (nSPS) is 14.5. The molecule has 0 rings (SSSR count). The van der Waals surface area contributed by atoms with Crippen LogP contribution >= 0.6 is 0 Å². The Morgan fingerprint density at radius 3 is 2.23 bits per heavy atom. The van der Waals surface area contributed by atoms with Crippen LogP contribution in [0.25, 0.3) is 0 Å². The van der Waals surface area contributed by atoms with Gasteiger partial charge < -0.3 is 4.74 Å². The molecule has 0 aliphatic carbocycles. The van der Waals surface area contributed by atoms with Crippen molar-refractivity contribution in [2.75, 3.05) is 7.11 Å². The Labute approximate surface area is 80.3 Å². The summed E-state index contributed by atoms with van der Waals surface area (Å²) in [5.41, 5.74) is 1.03. The van der Waals surface area contributed by atoms with Crippen LogP contribution in [-0.2, 0) is 4.74 Å². The highest BCUT2D eigenvalue weighted by Crippen LogP contribution is 2.24.